The van der Waals surface area contributed by atoms with Crippen LogP contribution in [0.4, 0.5) is 4.79 Å². The minimum Gasteiger partial charge on any atom is -0.496 e. The maximum Gasteiger partial charge on any atom is 0.317 e. The highest BCUT2D eigenvalue weighted by molar-refractivity contribution is 7.11. The lowest BCUT2D eigenvalue weighted by Crippen LogP contribution is -2.68. The molecule has 28 heavy (non-hydrogen) atoms. The van der Waals surface area contributed by atoms with Crippen molar-refractivity contribution in [3.05, 3.63) is 39.3 Å². The average Bonchev–Trinajstić information content (AvgIpc) is 3.13. The molecular weight excluding hydrogens is 376 g/mol. The highest BCUT2D eigenvalue weighted by atomic mass is 32.1. The van der Waals surface area contributed by atoms with Gasteiger partial charge in [-0.15, -0.1) is 11.3 Å². The Labute approximate surface area is 169 Å². The number of amides is 2. The van der Waals surface area contributed by atoms with Crippen LogP contribution in [-0.2, 0) is 13.2 Å². The van der Waals surface area contributed by atoms with Crippen molar-refractivity contribution in [1.82, 2.24) is 20.1 Å². The number of rotatable bonds is 6. The molecule has 1 aromatic heterocycles. The van der Waals surface area contributed by atoms with Gasteiger partial charge in [-0.1, -0.05) is 0 Å². The Morgan fingerprint density at radius 1 is 1.32 bits per heavy atom. The van der Waals surface area contributed by atoms with Crippen molar-refractivity contribution in [2.45, 2.75) is 32.5 Å². The summed E-state index contributed by atoms with van der Waals surface area (Å²) >= 11 is 1.67. The van der Waals surface area contributed by atoms with Crippen molar-refractivity contribution in [3.63, 3.8) is 0 Å². The van der Waals surface area contributed by atoms with Gasteiger partial charge in [0, 0.05) is 43.7 Å². The zero-order chi connectivity index (χ0) is 19.9. The van der Waals surface area contributed by atoms with E-state index in [2.05, 4.69) is 22.1 Å². The number of carbonyl (C=O) groups excluding carboxylic acids is 1. The van der Waals surface area contributed by atoms with Crippen molar-refractivity contribution in [3.8, 4) is 11.5 Å². The van der Waals surface area contributed by atoms with Crippen LogP contribution >= 0.6 is 11.3 Å². The summed E-state index contributed by atoms with van der Waals surface area (Å²) in [7, 11) is 3.56. The van der Waals surface area contributed by atoms with E-state index in [1.165, 1.54) is 4.88 Å². The van der Waals surface area contributed by atoms with Gasteiger partial charge in [0.05, 0.1) is 18.3 Å². The number of thiazole rings is 1. The van der Waals surface area contributed by atoms with Gasteiger partial charge in [0.1, 0.15) is 23.1 Å². The summed E-state index contributed by atoms with van der Waals surface area (Å²) in [5, 5.41) is 3.91. The first-order chi connectivity index (χ1) is 13.4. The van der Waals surface area contributed by atoms with Crippen LogP contribution in [0.5, 0.6) is 11.5 Å². The van der Waals surface area contributed by atoms with Crippen LogP contribution in [0, 0.1) is 13.8 Å². The molecule has 2 aliphatic rings. The number of ether oxygens (including phenoxy) is 2. The molecule has 1 N–H and O–H groups in total. The van der Waals surface area contributed by atoms with Crippen LogP contribution in [0.1, 0.15) is 21.1 Å². The zero-order valence-corrected chi connectivity index (χ0v) is 17.6. The van der Waals surface area contributed by atoms with E-state index in [4.69, 9.17) is 9.47 Å². The van der Waals surface area contributed by atoms with Gasteiger partial charge in [-0.3, -0.25) is 4.90 Å². The number of methoxy groups -OCH3 is 1. The van der Waals surface area contributed by atoms with E-state index in [9.17, 15) is 4.79 Å². The smallest absolute Gasteiger partial charge is 0.317 e. The highest BCUT2D eigenvalue weighted by Crippen LogP contribution is 2.33. The SMILES string of the molecule is COc1ccc(OCc2nc(C)c(C)s2)cc1CN1CC2(CNC(=O)N2C)C1. The fourth-order valence-corrected chi connectivity index (χ4v) is 4.72. The minimum atomic E-state index is -0.0704. The number of benzene rings is 1. The molecule has 4 rings (SSSR count). The number of likely N-dealkylation sites (tertiary alicyclic amines) is 1. The summed E-state index contributed by atoms with van der Waals surface area (Å²) in [5.74, 6) is 1.66. The third-order valence-corrected chi connectivity index (χ3v) is 6.75. The molecule has 2 amide bonds. The number of urea groups is 1. The summed E-state index contributed by atoms with van der Waals surface area (Å²) in [4.78, 5) is 21.7. The lowest BCUT2D eigenvalue weighted by molar-refractivity contribution is -0.00148. The Hall–Kier alpha value is -2.32. The summed E-state index contributed by atoms with van der Waals surface area (Å²) < 4.78 is 11.5. The van der Waals surface area contributed by atoms with E-state index in [1.54, 1.807) is 18.4 Å². The highest BCUT2D eigenvalue weighted by Gasteiger charge is 2.51. The van der Waals surface area contributed by atoms with E-state index in [0.29, 0.717) is 13.2 Å². The number of aromatic nitrogens is 1. The molecule has 0 aliphatic carbocycles. The molecule has 0 unspecified atom stereocenters. The van der Waals surface area contributed by atoms with Crippen molar-refractivity contribution >= 4 is 17.4 Å². The number of nitrogens with zero attached hydrogens (tertiary/aromatic N) is 3. The molecule has 2 aromatic rings. The number of hydrogen-bond acceptors (Lipinski definition) is 6. The average molecular weight is 403 g/mol. The second kappa shape index (κ2) is 7.25. The topological polar surface area (TPSA) is 66.9 Å². The van der Waals surface area contributed by atoms with E-state index in [1.807, 2.05) is 37.1 Å². The monoisotopic (exact) mass is 402 g/mol. The zero-order valence-electron chi connectivity index (χ0n) is 16.7. The Morgan fingerprint density at radius 2 is 2.11 bits per heavy atom. The number of carbonyl (C=O) groups is 1. The first kappa shape index (κ1) is 19.0. The molecule has 0 saturated carbocycles. The minimum absolute atomic E-state index is 0.0142. The molecule has 0 atom stereocenters. The number of aryl methyl sites for hydroxylation is 2. The molecule has 2 saturated heterocycles. The van der Waals surface area contributed by atoms with E-state index >= 15 is 0 Å². The van der Waals surface area contributed by atoms with Crippen molar-refractivity contribution in [1.29, 1.82) is 0 Å². The molecule has 1 spiro atoms. The first-order valence-corrected chi connectivity index (χ1v) is 10.2. The van der Waals surface area contributed by atoms with Crippen LogP contribution in [0.3, 0.4) is 0 Å². The van der Waals surface area contributed by atoms with Crippen LogP contribution in [-0.4, -0.2) is 60.1 Å². The number of likely N-dealkylation sites (N-methyl/N-ethyl adjacent to an activating group) is 1. The normalized spacial score (nSPS) is 18.3. The van der Waals surface area contributed by atoms with Crippen LogP contribution in [0.2, 0.25) is 0 Å². The predicted molar refractivity (Wildman–Crippen MR) is 108 cm³/mol. The molecule has 8 heteroatoms. The van der Waals surface area contributed by atoms with Crippen molar-refractivity contribution < 1.29 is 14.3 Å². The largest absolute Gasteiger partial charge is 0.496 e. The predicted octanol–water partition coefficient (Wildman–Crippen LogP) is 2.56. The van der Waals surface area contributed by atoms with Gasteiger partial charge >= 0.3 is 6.03 Å². The molecule has 3 heterocycles. The molecule has 2 fully saturated rings. The lowest BCUT2D eigenvalue weighted by Gasteiger charge is -2.50. The van der Waals surface area contributed by atoms with Gasteiger partial charge in [0.15, 0.2) is 0 Å². The van der Waals surface area contributed by atoms with E-state index in [-0.39, 0.29) is 11.6 Å². The molecular formula is C20H26N4O3S. The molecule has 1 aromatic carbocycles. The molecule has 0 radical (unpaired) electrons. The maximum absolute atomic E-state index is 11.8. The fourth-order valence-electron chi connectivity index (χ4n) is 3.87. The molecule has 0 bridgehead atoms. The lowest BCUT2D eigenvalue weighted by atomic mass is 9.89. The first-order valence-electron chi connectivity index (χ1n) is 9.37. The standard InChI is InChI=1S/C20H26N4O3S/c1-13-14(2)28-18(22-13)9-27-16-5-6-17(26-4)15(7-16)8-24-11-20(12-24)10-21-19(25)23(20)3/h5-7H,8-12H2,1-4H3,(H,21,25). The van der Waals surface area contributed by atoms with Gasteiger partial charge in [-0.25, -0.2) is 9.78 Å². The Balaban J connectivity index is 1.41. The van der Waals surface area contributed by atoms with Gasteiger partial charge in [-0.2, -0.15) is 0 Å². The molecule has 2 aliphatic heterocycles. The van der Waals surface area contributed by atoms with Gasteiger partial charge in [0.25, 0.3) is 0 Å². The Kier molecular flexibility index (Phi) is 4.93. The second-order valence-corrected chi connectivity index (χ2v) is 8.89. The second-order valence-electron chi connectivity index (χ2n) is 7.60. The summed E-state index contributed by atoms with van der Waals surface area (Å²) in [5.41, 5.74) is 2.08. The van der Waals surface area contributed by atoms with Crippen LogP contribution in [0.15, 0.2) is 18.2 Å². The summed E-state index contributed by atoms with van der Waals surface area (Å²) in [6, 6.07) is 5.94. The van der Waals surface area contributed by atoms with Crippen molar-refractivity contribution in [2.24, 2.45) is 0 Å². The van der Waals surface area contributed by atoms with Crippen LogP contribution in [0.25, 0.3) is 0 Å². The van der Waals surface area contributed by atoms with E-state index < -0.39 is 0 Å². The number of nitrogens with one attached hydrogen (secondary N) is 1. The summed E-state index contributed by atoms with van der Waals surface area (Å²) in [6.07, 6.45) is 0. The molecule has 7 nitrogen and oxygen atoms in total. The third-order valence-electron chi connectivity index (χ3n) is 5.70. The van der Waals surface area contributed by atoms with Gasteiger partial charge < -0.3 is 19.7 Å². The number of hydrogen-bond donors (Lipinski definition) is 1. The maximum atomic E-state index is 11.8. The third kappa shape index (κ3) is 3.42. The Morgan fingerprint density at radius 3 is 2.71 bits per heavy atom. The van der Waals surface area contributed by atoms with Gasteiger partial charge in [-0.05, 0) is 32.0 Å². The fraction of sp³-hybridized carbons (Fsp3) is 0.500. The molecule has 150 valence electrons. The summed E-state index contributed by atoms with van der Waals surface area (Å²) in [6.45, 7) is 7.75. The van der Waals surface area contributed by atoms with E-state index in [0.717, 1.165) is 47.4 Å². The Bertz CT molecular complexity index is 872. The van der Waals surface area contributed by atoms with Crippen LogP contribution < -0.4 is 14.8 Å². The van der Waals surface area contributed by atoms with Crippen molar-refractivity contribution in [2.75, 3.05) is 33.8 Å². The quantitative estimate of drug-likeness (QED) is 0.804. The van der Waals surface area contributed by atoms with Gasteiger partial charge in [0.2, 0.25) is 0 Å².